The molecule has 24 heavy (non-hydrogen) atoms. The van der Waals surface area contributed by atoms with Gasteiger partial charge in [0, 0.05) is 44.1 Å². The van der Waals surface area contributed by atoms with Gasteiger partial charge < -0.3 is 24.8 Å². The minimum atomic E-state index is 0.0432. The van der Waals surface area contributed by atoms with E-state index in [-0.39, 0.29) is 5.91 Å². The number of methoxy groups -OCH3 is 2. The van der Waals surface area contributed by atoms with Crippen molar-refractivity contribution in [1.29, 1.82) is 0 Å². The number of nitrogens with zero attached hydrogens (tertiary/aromatic N) is 1. The van der Waals surface area contributed by atoms with Crippen molar-refractivity contribution in [2.24, 2.45) is 17.6 Å². The summed E-state index contributed by atoms with van der Waals surface area (Å²) in [4.78, 5) is 14.9. The fraction of sp³-hybridized carbons (Fsp3) is 0.611. The largest absolute Gasteiger partial charge is 0.493 e. The molecule has 1 aliphatic heterocycles. The molecule has 3 atom stereocenters. The predicted octanol–water partition coefficient (Wildman–Crippen LogP) is 1.53. The average molecular weight is 334 g/mol. The number of rotatable bonds is 6. The Morgan fingerprint density at radius 3 is 2.50 bits per heavy atom. The van der Waals surface area contributed by atoms with Gasteiger partial charge in [0.2, 0.25) is 0 Å². The lowest BCUT2D eigenvalue weighted by Gasteiger charge is -2.37. The molecule has 0 aromatic heterocycles. The van der Waals surface area contributed by atoms with Gasteiger partial charge in [0.05, 0.1) is 13.2 Å². The highest BCUT2D eigenvalue weighted by atomic mass is 16.5. The van der Waals surface area contributed by atoms with Crippen molar-refractivity contribution in [1.82, 2.24) is 4.90 Å². The number of benzene rings is 1. The molecule has 2 aliphatic rings. The summed E-state index contributed by atoms with van der Waals surface area (Å²) in [6.45, 7) is 2.32. The molecular weight excluding hydrogens is 308 g/mol. The van der Waals surface area contributed by atoms with E-state index in [1.807, 2.05) is 4.90 Å². The van der Waals surface area contributed by atoms with E-state index in [2.05, 4.69) is 0 Å². The zero-order valence-corrected chi connectivity index (χ0v) is 14.4. The summed E-state index contributed by atoms with van der Waals surface area (Å²) in [7, 11) is 3.36. The minimum absolute atomic E-state index is 0.0432. The van der Waals surface area contributed by atoms with Gasteiger partial charge in [-0.2, -0.15) is 0 Å². The van der Waals surface area contributed by atoms with Gasteiger partial charge in [-0.05, 0) is 31.0 Å². The summed E-state index contributed by atoms with van der Waals surface area (Å²) in [5.41, 5.74) is 6.12. The number of carbonyl (C=O) groups is 1. The van der Waals surface area contributed by atoms with Crippen molar-refractivity contribution >= 4 is 5.91 Å². The smallest absolute Gasteiger partial charge is 0.254 e. The Labute approximate surface area is 142 Å². The second-order valence-corrected chi connectivity index (χ2v) is 6.51. The first kappa shape index (κ1) is 17.0. The molecule has 6 nitrogen and oxygen atoms in total. The number of ether oxygens (including phenoxy) is 3. The first-order valence-electron chi connectivity index (χ1n) is 8.51. The third-order valence-electron chi connectivity index (χ3n) is 5.09. The predicted molar refractivity (Wildman–Crippen MR) is 90.5 cm³/mol. The van der Waals surface area contributed by atoms with Crippen LogP contribution in [0, 0.1) is 11.8 Å². The number of likely N-dealkylation sites (tertiary alicyclic amines) is 1. The zero-order valence-electron chi connectivity index (χ0n) is 14.4. The summed E-state index contributed by atoms with van der Waals surface area (Å²) in [6, 6.07) is 5.32. The summed E-state index contributed by atoms with van der Waals surface area (Å²) >= 11 is 0. The van der Waals surface area contributed by atoms with Crippen molar-refractivity contribution in [3.05, 3.63) is 23.8 Å². The van der Waals surface area contributed by atoms with Gasteiger partial charge in [0.1, 0.15) is 6.61 Å². The molecule has 1 aliphatic carbocycles. The van der Waals surface area contributed by atoms with Gasteiger partial charge in [0.25, 0.3) is 5.91 Å². The van der Waals surface area contributed by atoms with Gasteiger partial charge in [-0.3, -0.25) is 4.79 Å². The van der Waals surface area contributed by atoms with E-state index < -0.39 is 0 Å². The number of amides is 1. The Morgan fingerprint density at radius 2 is 1.92 bits per heavy atom. The van der Waals surface area contributed by atoms with Crippen molar-refractivity contribution in [3.63, 3.8) is 0 Å². The van der Waals surface area contributed by atoms with E-state index >= 15 is 0 Å². The number of piperidine rings is 1. The zero-order chi connectivity index (χ0) is 17.1. The summed E-state index contributed by atoms with van der Waals surface area (Å²) in [6.07, 6.45) is 2.58. The van der Waals surface area contributed by atoms with Gasteiger partial charge in [0.15, 0.2) is 11.5 Å². The Balaban J connectivity index is 1.75. The molecular formula is C18H26N2O4. The van der Waals surface area contributed by atoms with Crippen LogP contribution in [0.1, 0.15) is 23.2 Å². The Hall–Kier alpha value is -1.79. The van der Waals surface area contributed by atoms with Crippen molar-refractivity contribution in [2.75, 3.05) is 40.5 Å². The number of fused-ring (bicyclic) bond motifs is 2. The topological polar surface area (TPSA) is 74.0 Å². The highest BCUT2D eigenvalue weighted by molar-refractivity contribution is 5.95. The Bertz CT molecular complexity index is 578. The first-order chi connectivity index (χ1) is 11.7. The second-order valence-electron chi connectivity index (χ2n) is 6.51. The molecule has 6 heteroatoms. The quantitative estimate of drug-likeness (QED) is 0.854. The molecule has 2 N–H and O–H groups in total. The molecule has 1 aromatic rings. The molecule has 132 valence electrons. The lowest BCUT2D eigenvalue weighted by atomic mass is 9.94. The van der Waals surface area contributed by atoms with Gasteiger partial charge in [-0.1, -0.05) is 0 Å². The molecule has 1 saturated carbocycles. The molecule has 0 radical (unpaired) electrons. The molecule has 1 amide bonds. The van der Waals surface area contributed by atoms with E-state index in [1.165, 1.54) is 0 Å². The normalized spacial score (nSPS) is 25.6. The summed E-state index contributed by atoms with van der Waals surface area (Å²) in [5.74, 6) is 2.11. The minimum Gasteiger partial charge on any atom is -0.493 e. The van der Waals surface area contributed by atoms with Gasteiger partial charge in [-0.25, -0.2) is 0 Å². The van der Waals surface area contributed by atoms with Crippen LogP contribution in [-0.4, -0.2) is 57.4 Å². The van der Waals surface area contributed by atoms with Crippen LogP contribution < -0.4 is 15.2 Å². The van der Waals surface area contributed by atoms with Crippen LogP contribution in [0.3, 0.4) is 0 Å². The van der Waals surface area contributed by atoms with Crippen molar-refractivity contribution < 1.29 is 19.0 Å². The molecule has 1 heterocycles. The standard InChI is InChI=1S/C18H26N2O4/c1-22-15-6-5-12(9-16(15)24-8-7-19)18(21)20-10-13-3-4-14(11-20)17(13)23-2/h5-6,9,13-14,17H,3-4,7-8,10-11,19H2,1-2H3/t13-,14+,17?. The van der Waals surface area contributed by atoms with E-state index in [9.17, 15) is 4.79 Å². The van der Waals surface area contributed by atoms with Crippen LogP contribution in [0.5, 0.6) is 11.5 Å². The van der Waals surface area contributed by atoms with Crippen molar-refractivity contribution in [3.8, 4) is 11.5 Å². The highest BCUT2D eigenvalue weighted by Crippen LogP contribution is 2.39. The van der Waals surface area contributed by atoms with Crippen molar-refractivity contribution in [2.45, 2.75) is 18.9 Å². The number of nitrogens with two attached hydrogens (primary N) is 1. The second kappa shape index (κ2) is 7.40. The van der Waals surface area contributed by atoms with E-state index in [0.29, 0.717) is 48.2 Å². The lowest BCUT2D eigenvalue weighted by Crippen LogP contribution is -2.48. The molecule has 3 rings (SSSR count). The summed E-state index contributed by atoms with van der Waals surface area (Å²) in [5, 5.41) is 0. The SMILES string of the molecule is COc1ccc(C(=O)N2C[C@H]3CC[C@@H](C2)C3OC)cc1OCCN. The fourth-order valence-corrected chi connectivity index (χ4v) is 4.00. The van der Waals surface area contributed by atoms with E-state index in [1.54, 1.807) is 32.4 Å². The van der Waals surface area contributed by atoms with Crippen LogP contribution in [0.2, 0.25) is 0 Å². The lowest BCUT2D eigenvalue weighted by molar-refractivity contribution is -0.0113. The average Bonchev–Trinajstić information content (AvgIpc) is 2.86. The Kier molecular flexibility index (Phi) is 5.26. The van der Waals surface area contributed by atoms with Crippen LogP contribution in [0.4, 0.5) is 0 Å². The number of hydrogen-bond donors (Lipinski definition) is 1. The summed E-state index contributed by atoms with van der Waals surface area (Å²) < 4.78 is 16.5. The van der Waals surface area contributed by atoms with Gasteiger partial charge in [-0.15, -0.1) is 0 Å². The molecule has 1 saturated heterocycles. The van der Waals surface area contributed by atoms with Crippen LogP contribution in [0.25, 0.3) is 0 Å². The van der Waals surface area contributed by atoms with Crippen LogP contribution in [-0.2, 0) is 4.74 Å². The maximum Gasteiger partial charge on any atom is 0.254 e. The fourth-order valence-electron chi connectivity index (χ4n) is 4.00. The maximum absolute atomic E-state index is 12.9. The molecule has 0 spiro atoms. The van der Waals surface area contributed by atoms with Crippen LogP contribution in [0.15, 0.2) is 18.2 Å². The van der Waals surface area contributed by atoms with Gasteiger partial charge >= 0.3 is 0 Å². The molecule has 2 bridgehead atoms. The van der Waals surface area contributed by atoms with Crippen LogP contribution >= 0.6 is 0 Å². The number of carbonyl (C=O) groups excluding carboxylic acids is 1. The third kappa shape index (κ3) is 3.21. The molecule has 1 unspecified atom stereocenters. The third-order valence-corrected chi connectivity index (χ3v) is 5.09. The maximum atomic E-state index is 12.9. The molecule has 2 fully saturated rings. The highest BCUT2D eigenvalue weighted by Gasteiger charge is 2.43. The molecule has 1 aromatic carbocycles. The first-order valence-corrected chi connectivity index (χ1v) is 8.51. The monoisotopic (exact) mass is 334 g/mol. The Morgan fingerprint density at radius 1 is 1.21 bits per heavy atom. The van der Waals surface area contributed by atoms with E-state index in [0.717, 1.165) is 25.9 Å². The number of hydrogen-bond acceptors (Lipinski definition) is 5. The van der Waals surface area contributed by atoms with E-state index in [4.69, 9.17) is 19.9 Å².